The predicted octanol–water partition coefficient (Wildman–Crippen LogP) is 4.27. The van der Waals surface area contributed by atoms with E-state index in [1.165, 1.54) is 11.1 Å². The van der Waals surface area contributed by atoms with Crippen molar-refractivity contribution in [1.29, 1.82) is 0 Å². The van der Waals surface area contributed by atoms with Gasteiger partial charge in [-0.1, -0.05) is 42.8 Å². The smallest absolute Gasteiger partial charge is 0.0438 e. The van der Waals surface area contributed by atoms with Crippen LogP contribution in [-0.4, -0.2) is 7.05 Å². The molecule has 0 aliphatic carbocycles. The Labute approximate surface area is 104 Å². The zero-order chi connectivity index (χ0) is 12.1. The van der Waals surface area contributed by atoms with Crippen LogP contribution in [0.5, 0.6) is 0 Å². The highest BCUT2D eigenvalue weighted by Gasteiger charge is 2.11. The molecular formula is C14H20ClN. The molecule has 1 aromatic carbocycles. The van der Waals surface area contributed by atoms with Gasteiger partial charge in [-0.15, -0.1) is 0 Å². The standard InChI is InChI=1S/C14H20ClN/c1-5-10(2)8-14(16-4)12-7-6-11(3)13(15)9-12/h6-7,9,14,16H,2,5,8H2,1,3-4H3. The van der Waals surface area contributed by atoms with Gasteiger partial charge in [-0.2, -0.15) is 0 Å². The summed E-state index contributed by atoms with van der Waals surface area (Å²) < 4.78 is 0. The van der Waals surface area contributed by atoms with Crippen molar-refractivity contribution in [2.24, 2.45) is 0 Å². The third-order valence-electron chi connectivity index (χ3n) is 2.94. The van der Waals surface area contributed by atoms with Crippen LogP contribution in [-0.2, 0) is 0 Å². The van der Waals surface area contributed by atoms with Crippen molar-refractivity contribution in [2.75, 3.05) is 7.05 Å². The number of benzene rings is 1. The summed E-state index contributed by atoms with van der Waals surface area (Å²) in [7, 11) is 1.97. The summed E-state index contributed by atoms with van der Waals surface area (Å²) in [4.78, 5) is 0. The first-order chi connectivity index (χ1) is 7.58. The molecule has 1 rings (SSSR count). The Morgan fingerprint density at radius 3 is 2.69 bits per heavy atom. The molecule has 0 aliphatic rings. The second-order valence-electron chi connectivity index (χ2n) is 4.16. The molecule has 0 amide bonds. The number of aryl methyl sites for hydroxylation is 1. The summed E-state index contributed by atoms with van der Waals surface area (Å²) in [6.45, 7) is 8.21. The zero-order valence-electron chi connectivity index (χ0n) is 10.3. The maximum absolute atomic E-state index is 6.14. The summed E-state index contributed by atoms with van der Waals surface area (Å²) >= 11 is 6.14. The van der Waals surface area contributed by atoms with Crippen molar-refractivity contribution in [1.82, 2.24) is 5.32 Å². The van der Waals surface area contributed by atoms with Crippen LogP contribution >= 0.6 is 11.6 Å². The van der Waals surface area contributed by atoms with E-state index in [-0.39, 0.29) is 0 Å². The Bertz CT molecular complexity index is 371. The van der Waals surface area contributed by atoms with Gasteiger partial charge in [0.15, 0.2) is 0 Å². The van der Waals surface area contributed by atoms with Crippen molar-refractivity contribution >= 4 is 11.6 Å². The average Bonchev–Trinajstić information content (AvgIpc) is 2.29. The van der Waals surface area contributed by atoms with Crippen LogP contribution in [0, 0.1) is 6.92 Å². The Morgan fingerprint density at radius 1 is 1.50 bits per heavy atom. The lowest BCUT2D eigenvalue weighted by molar-refractivity contribution is 0.582. The highest BCUT2D eigenvalue weighted by Crippen LogP contribution is 2.25. The van der Waals surface area contributed by atoms with Crippen LogP contribution in [0.4, 0.5) is 0 Å². The van der Waals surface area contributed by atoms with Crippen LogP contribution in [0.1, 0.15) is 36.9 Å². The molecule has 1 unspecified atom stereocenters. The Hall–Kier alpha value is -0.790. The molecule has 0 fully saturated rings. The predicted molar refractivity (Wildman–Crippen MR) is 72.0 cm³/mol. The van der Waals surface area contributed by atoms with Gasteiger partial charge in [-0.3, -0.25) is 0 Å². The maximum atomic E-state index is 6.14. The van der Waals surface area contributed by atoms with Crippen LogP contribution in [0.15, 0.2) is 30.4 Å². The molecule has 0 radical (unpaired) electrons. The summed E-state index contributed by atoms with van der Waals surface area (Å²) in [5, 5.41) is 4.14. The van der Waals surface area contributed by atoms with E-state index in [0.29, 0.717) is 6.04 Å². The molecular weight excluding hydrogens is 218 g/mol. The minimum absolute atomic E-state index is 0.311. The first kappa shape index (κ1) is 13.3. The van der Waals surface area contributed by atoms with Gasteiger partial charge in [-0.05, 0) is 44.0 Å². The van der Waals surface area contributed by atoms with Gasteiger partial charge in [0.2, 0.25) is 0 Å². The quantitative estimate of drug-likeness (QED) is 0.755. The lowest BCUT2D eigenvalue weighted by Gasteiger charge is -2.18. The highest BCUT2D eigenvalue weighted by molar-refractivity contribution is 6.31. The first-order valence-electron chi connectivity index (χ1n) is 5.68. The number of halogens is 1. The van der Waals surface area contributed by atoms with E-state index in [0.717, 1.165) is 23.4 Å². The molecule has 0 saturated carbocycles. The van der Waals surface area contributed by atoms with Crippen molar-refractivity contribution < 1.29 is 0 Å². The van der Waals surface area contributed by atoms with E-state index < -0.39 is 0 Å². The summed E-state index contributed by atoms with van der Waals surface area (Å²) in [5.41, 5.74) is 3.61. The fraction of sp³-hybridized carbons (Fsp3) is 0.429. The van der Waals surface area contributed by atoms with Gasteiger partial charge in [0.1, 0.15) is 0 Å². The minimum atomic E-state index is 0.311. The molecule has 0 bridgehead atoms. The number of nitrogens with one attached hydrogen (secondary N) is 1. The monoisotopic (exact) mass is 237 g/mol. The van der Waals surface area contributed by atoms with Crippen LogP contribution < -0.4 is 5.32 Å². The van der Waals surface area contributed by atoms with E-state index in [1.54, 1.807) is 0 Å². The third-order valence-corrected chi connectivity index (χ3v) is 3.35. The molecule has 16 heavy (non-hydrogen) atoms. The molecule has 0 saturated heterocycles. The van der Waals surface area contributed by atoms with Crippen molar-refractivity contribution in [3.63, 3.8) is 0 Å². The first-order valence-corrected chi connectivity index (χ1v) is 6.06. The molecule has 0 heterocycles. The molecule has 2 heteroatoms. The molecule has 0 aliphatic heterocycles. The molecule has 88 valence electrons. The van der Waals surface area contributed by atoms with Crippen molar-refractivity contribution in [3.05, 3.63) is 46.5 Å². The highest BCUT2D eigenvalue weighted by atomic mass is 35.5. The fourth-order valence-electron chi connectivity index (χ4n) is 1.65. The van der Waals surface area contributed by atoms with E-state index >= 15 is 0 Å². The molecule has 0 aromatic heterocycles. The third kappa shape index (κ3) is 3.36. The number of hydrogen-bond donors (Lipinski definition) is 1. The van der Waals surface area contributed by atoms with Crippen LogP contribution in [0.25, 0.3) is 0 Å². The summed E-state index contributed by atoms with van der Waals surface area (Å²) in [6.07, 6.45) is 1.99. The van der Waals surface area contributed by atoms with E-state index in [9.17, 15) is 0 Å². The topological polar surface area (TPSA) is 12.0 Å². The van der Waals surface area contributed by atoms with Crippen LogP contribution in [0.2, 0.25) is 5.02 Å². The van der Waals surface area contributed by atoms with Crippen molar-refractivity contribution in [2.45, 2.75) is 32.7 Å². The van der Waals surface area contributed by atoms with E-state index in [4.69, 9.17) is 11.6 Å². The van der Waals surface area contributed by atoms with Crippen LogP contribution in [0.3, 0.4) is 0 Å². The Balaban J connectivity index is 2.86. The van der Waals surface area contributed by atoms with Crippen molar-refractivity contribution in [3.8, 4) is 0 Å². The molecule has 1 nitrogen and oxygen atoms in total. The Morgan fingerprint density at radius 2 is 2.19 bits per heavy atom. The summed E-state index contributed by atoms with van der Waals surface area (Å²) in [5.74, 6) is 0. The molecule has 0 spiro atoms. The largest absolute Gasteiger partial charge is 0.313 e. The lowest BCUT2D eigenvalue weighted by atomic mass is 9.98. The Kier molecular flexibility index (Phi) is 5.04. The van der Waals surface area contributed by atoms with Gasteiger partial charge in [0.25, 0.3) is 0 Å². The second-order valence-corrected chi connectivity index (χ2v) is 4.56. The zero-order valence-corrected chi connectivity index (χ0v) is 11.1. The van der Waals surface area contributed by atoms with Gasteiger partial charge in [0, 0.05) is 11.1 Å². The van der Waals surface area contributed by atoms with Gasteiger partial charge in [-0.25, -0.2) is 0 Å². The summed E-state index contributed by atoms with van der Waals surface area (Å²) in [6, 6.07) is 6.55. The molecule has 1 N–H and O–H groups in total. The van der Waals surface area contributed by atoms with Gasteiger partial charge >= 0.3 is 0 Å². The molecule has 1 aromatic rings. The number of rotatable bonds is 5. The maximum Gasteiger partial charge on any atom is 0.0438 e. The molecule has 1 atom stereocenters. The van der Waals surface area contributed by atoms with E-state index in [2.05, 4.69) is 31.0 Å². The second kappa shape index (κ2) is 6.07. The van der Waals surface area contributed by atoms with Gasteiger partial charge in [0.05, 0.1) is 0 Å². The van der Waals surface area contributed by atoms with Gasteiger partial charge < -0.3 is 5.32 Å². The number of hydrogen-bond acceptors (Lipinski definition) is 1. The SMILES string of the molecule is C=C(CC)CC(NC)c1ccc(C)c(Cl)c1. The van der Waals surface area contributed by atoms with E-state index in [1.807, 2.05) is 20.0 Å². The average molecular weight is 238 g/mol. The lowest BCUT2D eigenvalue weighted by Crippen LogP contribution is -2.16. The minimum Gasteiger partial charge on any atom is -0.313 e. The fourth-order valence-corrected chi connectivity index (χ4v) is 1.83. The normalized spacial score (nSPS) is 12.5.